The number of carbonyl (C=O) groups excluding carboxylic acids is 1. The van der Waals surface area contributed by atoms with Crippen LogP contribution in [0.4, 0.5) is 5.69 Å². The maximum atomic E-state index is 12.0. The molecule has 0 bridgehead atoms. The van der Waals surface area contributed by atoms with Crippen LogP contribution < -0.4 is 15.4 Å². The van der Waals surface area contributed by atoms with E-state index in [0.717, 1.165) is 43.9 Å². The third-order valence-electron chi connectivity index (χ3n) is 4.16. The van der Waals surface area contributed by atoms with E-state index in [1.807, 2.05) is 36.4 Å². The van der Waals surface area contributed by atoms with Crippen LogP contribution >= 0.6 is 0 Å². The Hall–Kier alpha value is -1.85. The fourth-order valence-corrected chi connectivity index (χ4v) is 2.78. The molecule has 0 saturated carbocycles. The number of carbonyl (C=O) groups is 1. The summed E-state index contributed by atoms with van der Waals surface area (Å²) >= 11 is 0. The zero-order chi connectivity index (χ0) is 15.4. The summed E-state index contributed by atoms with van der Waals surface area (Å²) in [5.74, 6) is 0.837. The third-order valence-corrected chi connectivity index (χ3v) is 4.16. The minimum Gasteiger partial charge on any atom is -0.490 e. The fourth-order valence-electron chi connectivity index (χ4n) is 2.78. The van der Waals surface area contributed by atoms with Gasteiger partial charge in [-0.25, -0.2) is 0 Å². The van der Waals surface area contributed by atoms with E-state index in [-0.39, 0.29) is 11.9 Å². The summed E-state index contributed by atoms with van der Waals surface area (Å²) in [6, 6.07) is 7.40. The highest BCUT2D eigenvalue weighted by molar-refractivity contribution is 5.96. The van der Waals surface area contributed by atoms with Gasteiger partial charge in [0.05, 0.1) is 0 Å². The minimum atomic E-state index is -0.227. The van der Waals surface area contributed by atoms with Gasteiger partial charge in [0.2, 0.25) is 5.91 Å². The Bertz CT molecular complexity index is 533. The molecule has 5 heteroatoms. The van der Waals surface area contributed by atoms with Gasteiger partial charge in [0.15, 0.2) is 0 Å². The van der Waals surface area contributed by atoms with Gasteiger partial charge in [-0.2, -0.15) is 0 Å². The summed E-state index contributed by atoms with van der Waals surface area (Å²) < 4.78 is 6.00. The summed E-state index contributed by atoms with van der Waals surface area (Å²) in [6.07, 6.45) is 6.27. The average Bonchev–Trinajstić information content (AvgIpc) is 3.06. The van der Waals surface area contributed by atoms with Crippen molar-refractivity contribution in [2.75, 3.05) is 32.0 Å². The van der Waals surface area contributed by atoms with Gasteiger partial charge in [0.1, 0.15) is 17.9 Å². The van der Waals surface area contributed by atoms with Crippen LogP contribution in [0, 0.1) is 0 Å². The average molecular weight is 301 g/mol. The molecule has 1 saturated heterocycles. The van der Waals surface area contributed by atoms with Crippen LogP contribution in [-0.2, 0) is 4.79 Å². The molecule has 2 heterocycles. The van der Waals surface area contributed by atoms with E-state index in [0.29, 0.717) is 6.10 Å². The Labute approximate surface area is 131 Å². The highest BCUT2D eigenvalue weighted by Gasteiger charge is 2.19. The Morgan fingerprint density at radius 3 is 2.64 bits per heavy atom. The predicted octanol–water partition coefficient (Wildman–Crippen LogP) is 1.63. The standard InChI is InChI=1S/C17H23N3O2/c1-20-11-8-15(9-12-20)22-14-6-4-13(5-7-14)19-17(21)16-3-2-10-18-16/h2-7,15-16,18H,8-12H2,1H3,(H,19,21). The number of nitrogens with one attached hydrogen (secondary N) is 2. The van der Waals surface area contributed by atoms with Crippen LogP contribution in [0.5, 0.6) is 5.75 Å². The summed E-state index contributed by atoms with van der Waals surface area (Å²) in [7, 11) is 2.14. The minimum absolute atomic E-state index is 0.0299. The van der Waals surface area contributed by atoms with E-state index < -0.39 is 0 Å². The van der Waals surface area contributed by atoms with Gasteiger partial charge in [0, 0.05) is 25.3 Å². The van der Waals surface area contributed by atoms with Gasteiger partial charge in [0.25, 0.3) is 0 Å². The molecule has 5 nitrogen and oxygen atoms in total. The van der Waals surface area contributed by atoms with Crippen LogP contribution in [0.1, 0.15) is 12.8 Å². The van der Waals surface area contributed by atoms with Gasteiger partial charge >= 0.3 is 0 Å². The molecule has 118 valence electrons. The molecule has 1 fully saturated rings. The number of amides is 1. The SMILES string of the molecule is CN1CCC(Oc2ccc(NC(=O)C3C=CCN3)cc2)CC1. The number of benzene rings is 1. The number of piperidine rings is 1. The van der Waals surface area contributed by atoms with E-state index in [9.17, 15) is 4.79 Å². The van der Waals surface area contributed by atoms with Crippen LogP contribution in [0.3, 0.4) is 0 Å². The molecule has 1 amide bonds. The van der Waals surface area contributed by atoms with E-state index in [2.05, 4.69) is 22.6 Å². The maximum absolute atomic E-state index is 12.0. The fraction of sp³-hybridized carbons (Fsp3) is 0.471. The van der Waals surface area contributed by atoms with Crippen molar-refractivity contribution in [3.63, 3.8) is 0 Å². The first kappa shape index (κ1) is 15.1. The van der Waals surface area contributed by atoms with Crippen molar-refractivity contribution in [2.45, 2.75) is 25.0 Å². The summed E-state index contributed by atoms with van der Waals surface area (Å²) in [6.45, 7) is 2.92. The number of ether oxygens (including phenoxy) is 1. The van der Waals surface area contributed by atoms with Crippen LogP contribution in [0.15, 0.2) is 36.4 Å². The van der Waals surface area contributed by atoms with Crippen molar-refractivity contribution in [3.05, 3.63) is 36.4 Å². The molecule has 1 unspecified atom stereocenters. The molecular weight excluding hydrogens is 278 g/mol. The molecule has 1 aromatic rings. The quantitative estimate of drug-likeness (QED) is 0.830. The Balaban J connectivity index is 1.51. The summed E-state index contributed by atoms with van der Waals surface area (Å²) in [5.41, 5.74) is 0.794. The van der Waals surface area contributed by atoms with Gasteiger partial charge in [-0.1, -0.05) is 12.2 Å². The second-order valence-corrected chi connectivity index (χ2v) is 5.95. The molecule has 0 aliphatic carbocycles. The normalized spacial score (nSPS) is 22.7. The summed E-state index contributed by atoms with van der Waals surface area (Å²) in [4.78, 5) is 14.3. The lowest BCUT2D eigenvalue weighted by atomic mass is 10.1. The molecule has 22 heavy (non-hydrogen) atoms. The number of likely N-dealkylation sites (tertiary alicyclic amines) is 1. The molecule has 1 atom stereocenters. The highest BCUT2D eigenvalue weighted by atomic mass is 16.5. The molecule has 0 radical (unpaired) electrons. The molecule has 0 aromatic heterocycles. The van der Waals surface area contributed by atoms with Crippen LogP contribution in [0.25, 0.3) is 0 Å². The van der Waals surface area contributed by atoms with E-state index in [1.165, 1.54) is 0 Å². The highest BCUT2D eigenvalue weighted by Crippen LogP contribution is 2.21. The zero-order valence-corrected chi connectivity index (χ0v) is 12.9. The first-order valence-corrected chi connectivity index (χ1v) is 7.87. The lowest BCUT2D eigenvalue weighted by Gasteiger charge is -2.29. The van der Waals surface area contributed by atoms with Gasteiger partial charge in [-0.15, -0.1) is 0 Å². The molecule has 3 rings (SSSR count). The Morgan fingerprint density at radius 1 is 1.27 bits per heavy atom. The van der Waals surface area contributed by atoms with Crippen molar-refractivity contribution in [1.29, 1.82) is 0 Å². The first-order valence-electron chi connectivity index (χ1n) is 7.87. The van der Waals surface area contributed by atoms with Crippen LogP contribution in [-0.4, -0.2) is 49.6 Å². The smallest absolute Gasteiger partial charge is 0.245 e. The number of anilines is 1. The first-order chi connectivity index (χ1) is 10.7. The second-order valence-electron chi connectivity index (χ2n) is 5.95. The van der Waals surface area contributed by atoms with Crippen molar-refractivity contribution in [3.8, 4) is 5.75 Å². The monoisotopic (exact) mass is 301 g/mol. The molecule has 2 aliphatic heterocycles. The van der Waals surface area contributed by atoms with Crippen molar-refractivity contribution < 1.29 is 9.53 Å². The lowest BCUT2D eigenvalue weighted by Crippen LogP contribution is -2.36. The van der Waals surface area contributed by atoms with Gasteiger partial charge in [-0.3, -0.25) is 10.1 Å². The predicted molar refractivity (Wildman–Crippen MR) is 87.1 cm³/mol. The van der Waals surface area contributed by atoms with Crippen molar-refractivity contribution in [2.24, 2.45) is 0 Å². The van der Waals surface area contributed by atoms with Crippen molar-refractivity contribution >= 4 is 11.6 Å². The molecule has 1 aromatic carbocycles. The molecule has 2 N–H and O–H groups in total. The third kappa shape index (κ3) is 3.87. The molecule has 2 aliphatic rings. The summed E-state index contributed by atoms with van der Waals surface area (Å²) in [5, 5.41) is 6.00. The maximum Gasteiger partial charge on any atom is 0.245 e. The zero-order valence-electron chi connectivity index (χ0n) is 12.9. The molecular formula is C17H23N3O2. The number of nitrogens with zero attached hydrogens (tertiary/aromatic N) is 1. The molecule has 0 spiro atoms. The Kier molecular flexibility index (Phi) is 4.75. The topological polar surface area (TPSA) is 53.6 Å². The lowest BCUT2D eigenvalue weighted by molar-refractivity contribution is -0.116. The van der Waals surface area contributed by atoms with Gasteiger partial charge in [-0.05, 0) is 44.2 Å². The van der Waals surface area contributed by atoms with Crippen LogP contribution in [0.2, 0.25) is 0 Å². The van der Waals surface area contributed by atoms with Crippen molar-refractivity contribution in [1.82, 2.24) is 10.2 Å². The number of hydrogen-bond donors (Lipinski definition) is 2. The van der Waals surface area contributed by atoms with Gasteiger partial charge < -0.3 is 15.0 Å². The second kappa shape index (κ2) is 6.94. The number of hydrogen-bond acceptors (Lipinski definition) is 4. The number of rotatable bonds is 4. The van der Waals surface area contributed by atoms with E-state index >= 15 is 0 Å². The largest absolute Gasteiger partial charge is 0.490 e. The van der Waals surface area contributed by atoms with E-state index in [4.69, 9.17) is 4.74 Å². The van der Waals surface area contributed by atoms with E-state index in [1.54, 1.807) is 0 Å². The Morgan fingerprint density at radius 2 is 2.00 bits per heavy atom.